The van der Waals surface area contributed by atoms with E-state index in [9.17, 15) is 4.79 Å². The molecule has 6 heteroatoms. The predicted octanol–water partition coefficient (Wildman–Crippen LogP) is 3.73. The number of aromatic nitrogens is 2. The lowest BCUT2D eigenvalue weighted by molar-refractivity contribution is 0.0924. The Bertz CT molecular complexity index is 731. The molecule has 5 nitrogen and oxygen atoms in total. The smallest absolute Gasteiger partial charge is 0.255 e. The first-order valence-corrected chi connectivity index (χ1v) is 9.17. The summed E-state index contributed by atoms with van der Waals surface area (Å²) in [5.41, 5.74) is 9.77. The Labute approximate surface area is 161 Å². The van der Waals surface area contributed by atoms with Gasteiger partial charge in [0, 0.05) is 12.1 Å². The van der Waals surface area contributed by atoms with Gasteiger partial charge in [-0.3, -0.25) is 4.79 Å². The van der Waals surface area contributed by atoms with Gasteiger partial charge in [0.1, 0.15) is 0 Å². The van der Waals surface area contributed by atoms with Gasteiger partial charge >= 0.3 is 0 Å². The maximum Gasteiger partial charge on any atom is 0.255 e. The van der Waals surface area contributed by atoms with Crippen molar-refractivity contribution in [2.24, 2.45) is 5.73 Å². The van der Waals surface area contributed by atoms with Gasteiger partial charge in [0.05, 0.1) is 23.1 Å². The van der Waals surface area contributed by atoms with Crippen molar-refractivity contribution in [3.8, 4) is 5.69 Å². The highest BCUT2D eigenvalue weighted by molar-refractivity contribution is 5.95. The molecule has 1 amide bonds. The molecule has 3 N–H and O–H groups in total. The lowest BCUT2D eigenvalue weighted by Crippen LogP contribution is -2.40. The van der Waals surface area contributed by atoms with Crippen LogP contribution in [0.25, 0.3) is 5.69 Å². The summed E-state index contributed by atoms with van der Waals surface area (Å²) in [6.45, 7) is 6.25. The van der Waals surface area contributed by atoms with E-state index in [1.807, 2.05) is 16.8 Å². The molecule has 0 bridgehead atoms. The van der Waals surface area contributed by atoms with Crippen molar-refractivity contribution in [3.63, 3.8) is 0 Å². The minimum absolute atomic E-state index is 0. The average Bonchev–Trinajstić information content (AvgIpc) is 3.03. The highest BCUT2D eigenvalue weighted by Crippen LogP contribution is 2.24. The van der Waals surface area contributed by atoms with Gasteiger partial charge in [-0.2, -0.15) is 5.10 Å². The van der Waals surface area contributed by atoms with Crippen molar-refractivity contribution in [2.75, 3.05) is 0 Å². The van der Waals surface area contributed by atoms with Crippen LogP contribution in [0.15, 0.2) is 30.5 Å². The molecule has 2 aromatic rings. The van der Waals surface area contributed by atoms with Crippen LogP contribution in [0, 0.1) is 6.92 Å². The Morgan fingerprint density at radius 2 is 1.81 bits per heavy atom. The van der Waals surface area contributed by atoms with Crippen LogP contribution in [0.3, 0.4) is 0 Å². The fourth-order valence-electron chi connectivity index (χ4n) is 3.51. The number of hydrogen-bond acceptors (Lipinski definition) is 3. The van der Waals surface area contributed by atoms with Gasteiger partial charge in [-0.05, 0) is 50.7 Å². The molecule has 0 unspecified atom stereocenters. The van der Waals surface area contributed by atoms with E-state index < -0.39 is 0 Å². The van der Waals surface area contributed by atoms with Gasteiger partial charge in [0.25, 0.3) is 5.91 Å². The molecule has 1 saturated carbocycles. The van der Waals surface area contributed by atoms with Gasteiger partial charge in [-0.25, -0.2) is 4.68 Å². The number of hydrogen-bond donors (Lipinski definition) is 2. The first kappa shape index (κ1) is 20.5. The van der Waals surface area contributed by atoms with Gasteiger partial charge in [-0.1, -0.05) is 31.5 Å². The third-order valence-corrected chi connectivity index (χ3v) is 4.98. The fraction of sp³-hybridized carbons (Fsp3) is 0.500. The summed E-state index contributed by atoms with van der Waals surface area (Å²) in [4.78, 5) is 12.8. The number of rotatable bonds is 4. The van der Waals surface area contributed by atoms with E-state index in [2.05, 4.69) is 43.3 Å². The molecule has 26 heavy (non-hydrogen) atoms. The lowest BCUT2D eigenvalue weighted by atomic mass is 9.91. The van der Waals surface area contributed by atoms with Crippen molar-refractivity contribution in [1.82, 2.24) is 15.1 Å². The quantitative estimate of drug-likeness (QED) is 0.853. The number of nitrogens with one attached hydrogen (secondary N) is 1. The highest BCUT2D eigenvalue weighted by Gasteiger charge is 2.25. The molecule has 1 aliphatic carbocycles. The minimum atomic E-state index is -0.0254. The second-order valence-electron chi connectivity index (χ2n) is 7.43. The Hall–Kier alpha value is -1.85. The third kappa shape index (κ3) is 4.46. The summed E-state index contributed by atoms with van der Waals surface area (Å²) in [6, 6.07) is 8.70. The third-order valence-electron chi connectivity index (χ3n) is 4.98. The van der Waals surface area contributed by atoms with Gasteiger partial charge in [0.15, 0.2) is 0 Å². The molecule has 1 aromatic heterocycles. The number of nitrogens with two attached hydrogens (primary N) is 1. The van der Waals surface area contributed by atoms with Crippen LogP contribution in [0.2, 0.25) is 0 Å². The Kier molecular flexibility index (Phi) is 6.84. The normalized spacial score (nSPS) is 19.9. The molecule has 0 saturated heterocycles. The molecule has 1 fully saturated rings. The number of halogens is 1. The summed E-state index contributed by atoms with van der Waals surface area (Å²) in [6.07, 6.45) is 5.56. The van der Waals surface area contributed by atoms with Crippen LogP contribution >= 0.6 is 12.4 Å². The second kappa shape index (κ2) is 8.69. The van der Waals surface area contributed by atoms with E-state index in [0.29, 0.717) is 5.56 Å². The summed E-state index contributed by atoms with van der Waals surface area (Å²) in [5, 5.41) is 7.68. The van der Waals surface area contributed by atoms with Crippen molar-refractivity contribution < 1.29 is 4.79 Å². The number of benzene rings is 1. The zero-order valence-corrected chi connectivity index (χ0v) is 16.6. The van der Waals surface area contributed by atoms with Gasteiger partial charge in [0.2, 0.25) is 0 Å². The Morgan fingerprint density at radius 1 is 1.19 bits per heavy atom. The van der Waals surface area contributed by atoms with E-state index in [4.69, 9.17) is 5.73 Å². The number of nitrogens with zero attached hydrogens (tertiary/aromatic N) is 2. The Morgan fingerprint density at radius 3 is 2.38 bits per heavy atom. The first-order chi connectivity index (χ1) is 12.0. The first-order valence-electron chi connectivity index (χ1n) is 9.17. The molecule has 1 aliphatic rings. The molecule has 3 rings (SSSR count). The van der Waals surface area contributed by atoms with Crippen molar-refractivity contribution in [3.05, 3.63) is 47.3 Å². The predicted molar refractivity (Wildman–Crippen MR) is 107 cm³/mol. The average molecular weight is 377 g/mol. The molecule has 1 aromatic carbocycles. The minimum Gasteiger partial charge on any atom is -0.349 e. The monoisotopic (exact) mass is 376 g/mol. The van der Waals surface area contributed by atoms with E-state index in [1.54, 1.807) is 6.20 Å². The summed E-state index contributed by atoms with van der Waals surface area (Å²) in [7, 11) is 0. The summed E-state index contributed by atoms with van der Waals surface area (Å²) < 4.78 is 1.88. The van der Waals surface area contributed by atoms with Gasteiger partial charge in [-0.15, -0.1) is 12.4 Å². The summed E-state index contributed by atoms with van der Waals surface area (Å²) >= 11 is 0. The maximum atomic E-state index is 12.8. The molecule has 0 atom stereocenters. The van der Waals surface area contributed by atoms with Crippen molar-refractivity contribution in [1.29, 1.82) is 0 Å². The SMILES string of the molecule is Cc1ccc(-n2ncc(C(=O)NC3CCC(N)CC3)c2C(C)C)cc1.Cl. The number of amides is 1. The van der Waals surface area contributed by atoms with Crippen molar-refractivity contribution >= 4 is 18.3 Å². The fourth-order valence-corrected chi connectivity index (χ4v) is 3.51. The molecular formula is C20H29ClN4O. The molecule has 1 heterocycles. The van der Waals surface area contributed by atoms with Crippen LogP contribution < -0.4 is 11.1 Å². The van der Waals surface area contributed by atoms with Crippen LogP contribution in [-0.4, -0.2) is 27.8 Å². The standard InChI is InChI=1S/C20H28N4O.ClH/c1-13(2)19-18(20(25)23-16-8-6-15(21)7-9-16)12-22-24(19)17-10-4-14(3)5-11-17;/h4-5,10-13,15-16H,6-9,21H2,1-3H3,(H,23,25);1H. The molecule has 0 spiro atoms. The molecule has 142 valence electrons. The molecular weight excluding hydrogens is 348 g/mol. The van der Waals surface area contributed by atoms with E-state index >= 15 is 0 Å². The molecule has 0 radical (unpaired) electrons. The zero-order valence-electron chi connectivity index (χ0n) is 15.7. The highest BCUT2D eigenvalue weighted by atomic mass is 35.5. The van der Waals surface area contributed by atoms with E-state index in [0.717, 1.165) is 37.1 Å². The summed E-state index contributed by atoms with van der Waals surface area (Å²) in [5.74, 6) is 0.173. The Balaban J connectivity index is 0.00000243. The van der Waals surface area contributed by atoms with Gasteiger partial charge < -0.3 is 11.1 Å². The van der Waals surface area contributed by atoms with Crippen molar-refractivity contribution in [2.45, 2.75) is 64.5 Å². The number of aryl methyl sites for hydroxylation is 1. The van der Waals surface area contributed by atoms with E-state index in [1.165, 1.54) is 5.56 Å². The topological polar surface area (TPSA) is 72.9 Å². The van der Waals surface area contributed by atoms with Crippen LogP contribution in [0.4, 0.5) is 0 Å². The zero-order chi connectivity index (χ0) is 18.0. The maximum absolute atomic E-state index is 12.8. The number of carbonyl (C=O) groups excluding carboxylic acids is 1. The van der Waals surface area contributed by atoms with E-state index in [-0.39, 0.29) is 36.3 Å². The largest absolute Gasteiger partial charge is 0.349 e. The van der Waals surface area contributed by atoms with Crippen LogP contribution in [0.5, 0.6) is 0 Å². The molecule has 0 aliphatic heterocycles. The second-order valence-corrected chi connectivity index (χ2v) is 7.43. The van der Waals surface area contributed by atoms with Crippen LogP contribution in [-0.2, 0) is 0 Å². The lowest BCUT2D eigenvalue weighted by Gasteiger charge is -2.27. The number of carbonyl (C=O) groups is 1. The van der Waals surface area contributed by atoms with Crippen LogP contribution in [0.1, 0.15) is 67.1 Å².